The lowest BCUT2D eigenvalue weighted by Crippen LogP contribution is -2.45. The number of carbonyl (C=O) groups is 1. The van der Waals surface area contributed by atoms with Gasteiger partial charge in [0.2, 0.25) is 0 Å². The Kier molecular flexibility index (Phi) is 6.72. The summed E-state index contributed by atoms with van der Waals surface area (Å²) in [6.45, 7) is 10.1. The summed E-state index contributed by atoms with van der Waals surface area (Å²) >= 11 is 0. The normalized spacial score (nSPS) is 15.9. The van der Waals surface area contributed by atoms with Crippen molar-refractivity contribution < 1.29 is 14.6 Å². The number of nitrogens with one attached hydrogen (secondary N) is 1. The van der Waals surface area contributed by atoms with Gasteiger partial charge in [-0.05, 0) is 39.5 Å². The second-order valence-corrected chi connectivity index (χ2v) is 5.76. The summed E-state index contributed by atoms with van der Waals surface area (Å²) in [5.41, 5.74) is -0.229. The monoisotopic (exact) mass is 245 g/mol. The molecule has 0 aliphatic rings. The van der Waals surface area contributed by atoms with E-state index in [-0.39, 0.29) is 11.6 Å². The predicted octanol–water partition coefficient (Wildman–Crippen LogP) is 2.28. The van der Waals surface area contributed by atoms with Crippen LogP contribution in [0.25, 0.3) is 0 Å². The number of hydrogen-bond donors (Lipinski definition) is 2. The highest BCUT2D eigenvalue weighted by molar-refractivity contribution is 5.73. The molecule has 0 aliphatic carbocycles. The van der Waals surface area contributed by atoms with Crippen LogP contribution in [0.5, 0.6) is 0 Å². The van der Waals surface area contributed by atoms with Crippen molar-refractivity contribution in [3.05, 3.63) is 0 Å². The van der Waals surface area contributed by atoms with Gasteiger partial charge in [0.1, 0.15) is 6.04 Å². The molecule has 2 N–H and O–H groups in total. The average Bonchev–Trinajstić information content (AvgIpc) is 2.15. The largest absolute Gasteiger partial charge is 0.480 e. The van der Waals surface area contributed by atoms with E-state index in [2.05, 4.69) is 5.32 Å². The topological polar surface area (TPSA) is 58.6 Å². The zero-order chi connectivity index (χ0) is 13.6. The lowest BCUT2D eigenvalue weighted by Gasteiger charge is -2.29. The van der Waals surface area contributed by atoms with Crippen LogP contribution in [0.3, 0.4) is 0 Å². The van der Waals surface area contributed by atoms with Crippen LogP contribution in [-0.4, -0.2) is 35.9 Å². The van der Waals surface area contributed by atoms with Gasteiger partial charge in [0.25, 0.3) is 0 Å². The third-order valence-corrected chi connectivity index (χ3v) is 2.84. The minimum absolute atomic E-state index is 0.116. The standard InChI is InChI=1S/C13H27NO3/c1-9(2)7-11(12(15)16)14-10(3)8-13(4,5)17-6/h9-11,14H,7-8H2,1-6H3,(H,15,16). The first-order valence-electron chi connectivity index (χ1n) is 6.22. The fourth-order valence-corrected chi connectivity index (χ4v) is 1.93. The van der Waals surface area contributed by atoms with Crippen LogP contribution >= 0.6 is 0 Å². The van der Waals surface area contributed by atoms with Crippen LogP contribution in [-0.2, 0) is 9.53 Å². The van der Waals surface area contributed by atoms with Gasteiger partial charge in [-0.25, -0.2) is 0 Å². The molecule has 0 radical (unpaired) electrons. The van der Waals surface area contributed by atoms with E-state index in [1.807, 2.05) is 34.6 Å². The van der Waals surface area contributed by atoms with Crippen molar-refractivity contribution in [1.29, 1.82) is 0 Å². The van der Waals surface area contributed by atoms with Gasteiger partial charge in [0, 0.05) is 13.2 Å². The van der Waals surface area contributed by atoms with Crippen LogP contribution < -0.4 is 5.32 Å². The molecular weight excluding hydrogens is 218 g/mol. The van der Waals surface area contributed by atoms with Crippen molar-refractivity contribution in [3.63, 3.8) is 0 Å². The fraction of sp³-hybridized carbons (Fsp3) is 0.923. The van der Waals surface area contributed by atoms with E-state index in [0.29, 0.717) is 12.3 Å². The Hall–Kier alpha value is -0.610. The van der Waals surface area contributed by atoms with Crippen LogP contribution in [0.15, 0.2) is 0 Å². The molecule has 2 atom stereocenters. The maximum atomic E-state index is 11.1. The maximum Gasteiger partial charge on any atom is 0.320 e. The van der Waals surface area contributed by atoms with E-state index in [0.717, 1.165) is 6.42 Å². The molecule has 4 heteroatoms. The number of aliphatic carboxylic acids is 1. The van der Waals surface area contributed by atoms with E-state index in [9.17, 15) is 4.79 Å². The average molecular weight is 245 g/mol. The summed E-state index contributed by atoms with van der Waals surface area (Å²) < 4.78 is 5.34. The van der Waals surface area contributed by atoms with Gasteiger partial charge in [0.05, 0.1) is 5.60 Å². The number of methoxy groups -OCH3 is 1. The fourth-order valence-electron chi connectivity index (χ4n) is 1.93. The minimum atomic E-state index is -0.777. The first-order valence-corrected chi connectivity index (χ1v) is 6.22. The molecule has 0 amide bonds. The zero-order valence-electron chi connectivity index (χ0n) is 11.9. The summed E-state index contributed by atoms with van der Waals surface area (Å²) in [5, 5.41) is 12.3. The molecule has 0 saturated heterocycles. The van der Waals surface area contributed by atoms with Crippen molar-refractivity contribution in [2.24, 2.45) is 5.92 Å². The number of carboxylic acids is 1. The Balaban J connectivity index is 4.31. The highest BCUT2D eigenvalue weighted by Gasteiger charge is 2.25. The van der Waals surface area contributed by atoms with Crippen LogP contribution in [0.1, 0.15) is 47.5 Å². The number of rotatable bonds is 8. The van der Waals surface area contributed by atoms with E-state index in [1.165, 1.54) is 0 Å². The first-order chi connectivity index (χ1) is 7.68. The van der Waals surface area contributed by atoms with Crippen LogP contribution in [0.4, 0.5) is 0 Å². The lowest BCUT2D eigenvalue weighted by molar-refractivity contribution is -0.140. The van der Waals surface area contributed by atoms with E-state index >= 15 is 0 Å². The van der Waals surface area contributed by atoms with E-state index in [4.69, 9.17) is 9.84 Å². The molecule has 4 nitrogen and oxygen atoms in total. The van der Waals surface area contributed by atoms with Crippen molar-refractivity contribution in [2.75, 3.05) is 7.11 Å². The van der Waals surface area contributed by atoms with Gasteiger partial charge in [0.15, 0.2) is 0 Å². The zero-order valence-corrected chi connectivity index (χ0v) is 11.9. The smallest absolute Gasteiger partial charge is 0.320 e. The molecule has 102 valence electrons. The molecule has 0 aromatic rings. The summed E-state index contributed by atoms with van der Waals surface area (Å²) in [7, 11) is 1.68. The van der Waals surface area contributed by atoms with Gasteiger partial charge in [-0.3, -0.25) is 4.79 Å². The lowest BCUT2D eigenvalue weighted by atomic mass is 9.97. The summed E-state index contributed by atoms with van der Waals surface area (Å²) in [6.07, 6.45) is 1.43. The molecule has 0 aromatic heterocycles. The molecule has 0 rings (SSSR count). The van der Waals surface area contributed by atoms with Gasteiger partial charge in [-0.1, -0.05) is 13.8 Å². The molecule has 2 unspecified atom stereocenters. The molecule has 0 heterocycles. The molecule has 0 bridgehead atoms. The summed E-state index contributed by atoms with van der Waals surface area (Å²) in [4.78, 5) is 11.1. The Bertz CT molecular complexity index is 239. The minimum Gasteiger partial charge on any atom is -0.480 e. The van der Waals surface area contributed by atoms with Crippen molar-refractivity contribution in [3.8, 4) is 0 Å². The molecule has 0 spiro atoms. The second-order valence-electron chi connectivity index (χ2n) is 5.76. The molecule has 0 saturated carbocycles. The Labute approximate surface area is 105 Å². The molecule has 0 aromatic carbocycles. The highest BCUT2D eigenvalue weighted by Crippen LogP contribution is 2.16. The van der Waals surface area contributed by atoms with Gasteiger partial charge >= 0.3 is 5.97 Å². The first kappa shape index (κ1) is 16.4. The third kappa shape index (κ3) is 7.34. The molecule has 0 fully saturated rings. The van der Waals surface area contributed by atoms with E-state index < -0.39 is 12.0 Å². The number of carboxylic acid groups (broad SMARTS) is 1. The van der Waals surface area contributed by atoms with Crippen molar-refractivity contribution >= 4 is 5.97 Å². The second kappa shape index (κ2) is 6.97. The summed E-state index contributed by atoms with van der Waals surface area (Å²) in [5.74, 6) is -0.410. The molecule has 0 aliphatic heterocycles. The maximum absolute atomic E-state index is 11.1. The Morgan fingerprint density at radius 2 is 1.88 bits per heavy atom. The SMILES string of the molecule is COC(C)(C)CC(C)NC(CC(C)C)C(=O)O. The van der Waals surface area contributed by atoms with Crippen LogP contribution in [0, 0.1) is 5.92 Å². The highest BCUT2D eigenvalue weighted by atomic mass is 16.5. The van der Waals surface area contributed by atoms with Gasteiger partial charge < -0.3 is 15.2 Å². The summed E-state index contributed by atoms with van der Waals surface area (Å²) in [6, 6.07) is -0.359. The van der Waals surface area contributed by atoms with Crippen molar-refractivity contribution in [1.82, 2.24) is 5.32 Å². The predicted molar refractivity (Wildman–Crippen MR) is 69.2 cm³/mol. The quantitative estimate of drug-likeness (QED) is 0.689. The third-order valence-electron chi connectivity index (χ3n) is 2.84. The Morgan fingerprint density at radius 1 is 1.35 bits per heavy atom. The van der Waals surface area contributed by atoms with Crippen molar-refractivity contribution in [2.45, 2.75) is 65.1 Å². The van der Waals surface area contributed by atoms with Gasteiger partial charge in [-0.15, -0.1) is 0 Å². The molecule has 17 heavy (non-hydrogen) atoms. The Morgan fingerprint density at radius 3 is 2.24 bits per heavy atom. The van der Waals surface area contributed by atoms with E-state index in [1.54, 1.807) is 7.11 Å². The molecular formula is C13H27NO3. The van der Waals surface area contributed by atoms with Gasteiger partial charge in [-0.2, -0.15) is 0 Å². The van der Waals surface area contributed by atoms with Crippen LogP contribution in [0.2, 0.25) is 0 Å². The number of ether oxygens (including phenoxy) is 1. The number of hydrogen-bond acceptors (Lipinski definition) is 3.